The minimum atomic E-state index is -0.0662. The van der Waals surface area contributed by atoms with Crippen LogP contribution in [0.5, 0.6) is 0 Å². The highest BCUT2D eigenvalue weighted by atomic mass is 16.4. The van der Waals surface area contributed by atoms with Crippen molar-refractivity contribution in [1.29, 1.82) is 0 Å². The van der Waals surface area contributed by atoms with Crippen molar-refractivity contribution in [2.75, 3.05) is 0 Å². The Labute approximate surface area is 134 Å². The first-order valence-electron chi connectivity index (χ1n) is 9.37. The molecule has 0 spiro atoms. The van der Waals surface area contributed by atoms with E-state index in [2.05, 4.69) is 19.0 Å². The topological polar surface area (TPSA) is 52.8 Å². The molecule has 3 nitrogen and oxygen atoms in total. The second-order valence-corrected chi connectivity index (χ2v) is 9.16. The highest BCUT2D eigenvalue weighted by molar-refractivity contribution is 5.85. The molecule has 7 atom stereocenters. The summed E-state index contributed by atoms with van der Waals surface area (Å²) in [7, 11) is 0. The van der Waals surface area contributed by atoms with Gasteiger partial charge in [0.05, 0.1) is 11.8 Å². The third kappa shape index (κ3) is 1.87. The summed E-state index contributed by atoms with van der Waals surface area (Å²) < 4.78 is 0. The third-order valence-electron chi connectivity index (χ3n) is 8.59. The molecule has 4 aliphatic rings. The van der Waals surface area contributed by atoms with Gasteiger partial charge in [0.1, 0.15) is 0 Å². The van der Waals surface area contributed by atoms with E-state index in [9.17, 15) is 5.11 Å². The van der Waals surface area contributed by atoms with Gasteiger partial charge < -0.3 is 10.3 Å². The number of oxime groups is 1. The minimum Gasteiger partial charge on any atom is -0.411 e. The number of hydrogen-bond acceptors (Lipinski definition) is 3. The highest BCUT2D eigenvalue weighted by Crippen LogP contribution is 2.65. The van der Waals surface area contributed by atoms with E-state index in [-0.39, 0.29) is 11.5 Å². The molecule has 0 saturated heterocycles. The number of fused-ring (bicyclic) bond motifs is 5. The Kier molecular flexibility index (Phi) is 3.38. The maximum atomic E-state index is 10.5. The normalized spacial score (nSPS) is 56.3. The zero-order chi connectivity index (χ0) is 15.5. The summed E-state index contributed by atoms with van der Waals surface area (Å²) in [6.07, 6.45) is 10.5. The molecule has 2 N–H and O–H groups in total. The Morgan fingerprint density at radius 3 is 2.50 bits per heavy atom. The maximum Gasteiger partial charge on any atom is 0.0596 e. The molecule has 0 aromatic rings. The number of nitrogens with zero attached hydrogens (tertiary/aromatic N) is 1. The lowest BCUT2D eigenvalue weighted by Gasteiger charge is -2.60. The zero-order valence-electron chi connectivity index (χ0n) is 14.1. The van der Waals surface area contributed by atoms with E-state index in [1.54, 1.807) is 0 Å². The lowest BCUT2D eigenvalue weighted by Crippen LogP contribution is -2.54. The van der Waals surface area contributed by atoms with Gasteiger partial charge >= 0.3 is 0 Å². The summed E-state index contributed by atoms with van der Waals surface area (Å²) in [4.78, 5) is 0. The smallest absolute Gasteiger partial charge is 0.0596 e. The van der Waals surface area contributed by atoms with Crippen molar-refractivity contribution in [3.8, 4) is 0 Å². The molecule has 124 valence electrons. The van der Waals surface area contributed by atoms with Gasteiger partial charge in [-0.3, -0.25) is 0 Å². The van der Waals surface area contributed by atoms with Crippen molar-refractivity contribution in [3.63, 3.8) is 0 Å². The van der Waals surface area contributed by atoms with E-state index in [4.69, 9.17) is 5.21 Å². The van der Waals surface area contributed by atoms with E-state index in [0.717, 1.165) is 42.7 Å². The fourth-order valence-corrected chi connectivity index (χ4v) is 7.12. The quantitative estimate of drug-likeness (QED) is 0.520. The van der Waals surface area contributed by atoms with Crippen molar-refractivity contribution < 1.29 is 10.3 Å². The van der Waals surface area contributed by atoms with Crippen LogP contribution in [0.15, 0.2) is 5.16 Å². The van der Waals surface area contributed by atoms with E-state index in [0.29, 0.717) is 11.3 Å². The lowest BCUT2D eigenvalue weighted by atomic mass is 9.45. The molecule has 3 heteroatoms. The van der Waals surface area contributed by atoms with Crippen molar-refractivity contribution >= 4 is 5.71 Å². The molecule has 4 saturated carbocycles. The van der Waals surface area contributed by atoms with Crippen LogP contribution in [-0.2, 0) is 0 Å². The minimum absolute atomic E-state index is 0.0662. The first kappa shape index (κ1) is 15.0. The monoisotopic (exact) mass is 305 g/mol. The fraction of sp³-hybridized carbons (Fsp3) is 0.947. The highest BCUT2D eigenvalue weighted by Gasteiger charge is 2.59. The largest absolute Gasteiger partial charge is 0.411 e. The molecule has 0 unspecified atom stereocenters. The summed E-state index contributed by atoms with van der Waals surface area (Å²) in [5.41, 5.74) is 1.65. The first-order valence-corrected chi connectivity index (χ1v) is 9.37. The molecule has 22 heavy (non-hydrogen) atoms. The summed E-state index contributed by atoms with van der Waals surface area (Å²) in [6.45, 7) is 4.88. The van der Waals surface area contributed by atoms with Crippen LogP contribution >= 0.6 is 0 Å². The summed E-state index contributed by atoms with van der Waals surface area (Å²) >= 11 is 0. The molecule has 4 fully saturated rings. The molecule has 0 radical (unpaired) electrons. The van der Waals surface area contributed by atoms with Crippen LogP contribution in [0.4, 0.5) is 0 Å². The summed E-state index contributed by atoms with van der Waals surface area (Å²) in [6, 6.07) is 0. The van der Waals surface area contributed by atoms with Gasteiger partial charge in [-0.2, -0.15) is 0 Å². The van der Waals surface area contributed by atoms with Crippen molar-refractivity contribution in [1.82, 2.24) is 0 Å². The van der Waals surface area contributed by atoms with Crippen LogP contribution in [0, 0.1) is 34.5 Å². The van der Waals surface area contributed by atoms with Crippen LogP contribution in [0.2, 0.25) is 0 Å². The number of hydrogen-bond donors (Lipinski definition) is 2. The molecule has 4 rings (SSSR count). The van der Waals surface area contributed by atoms with Gasteiger partial charge in [0.25, 0.3) is 0 Å². The van der Waals surface area contributed by atoms with Gasteiger partial charge in [-0.15, -0.1) is 0 Å². The Bertz CT molecular complexity index is 490. The van der Waals surface area contributed by atoms with Crippen molar-refractivity contribution in [2.24, 2.45) is 39.7 Å². The van der Waals surface area contributed by atoms with Gasteiger partial charge in [-0.05, 0) is 92.3 Å². The third-order valence-corrected chi connectivity index (χ3v) is 8.59. The fourth-order valence-electron chi connectivity index (χ4n) is 7.12. The molecule has 0 bridgehead atoms. The Hall–Kier alpha value is -0.570. The van der Waals surface area contributed by atoms with Crippen LogP contribution in [0.25, 0.3) is 0 Å². The van der Waals surface area contributed by atoms with E-state index >= 15 is 0 Å². The van der Waals surface area contributed by atoms with Gasteiger partial charge in [0, 0.05) is 0 Å². The SMILES string of the molecule is C[C@]12CC/C(=N/O)C[C@@H]1CC[C@@H]1[C@@H]2CC[C@]2(C)[C@@H](O)CC[C@@H]12. The molecule has 4 aliphatic carbocycles. The van der Waals surface area contributed by atoms with Crippen molar-refractivity contribution in [2.45, 2.75) is 77.7 Å². The number of rotatable bonds is 0. The first-order chi connectivity index (χ1) is 10.5. The van der Waals surface area contributed by atoms with Crippen LogP contribution in [-0.4, -0.2) is 22.1 Å². The Balaban J connectivity index is 1.62. The second kappa shape index (κ2) is 4.96. The predicted molar refractivity (Wildman–Crippen MR) is 87.0 cm³/mol. The summed E-state index contributed by atoms with van der Waals surface area (Å²) in [5.74, 6) is 3.11. The number of aliphatic hydroxyl groups excluding tert-OH is 1. The van der Waals surface area contributed by atoms with Gasteiger partial charge in [-0.1, -0.05) is 19.0 Å². The average molecular weight is 305 g/mol. The summed E-state index contributed by atoms with van der Waals surface area (Å²) in [5, 5.41) is 23.2. The zero-order valence-corrected chi connectivity index (χ0v) is 14.1. The van der Waals surface area contributed by atoms with Crippen LogP contribution in [0.3, 0.4) is 0 Å². The van der Waals surface area contributed by atoms with E-state index in [1.165, 1.54) is 38.5 Å². The van der Waals surface area contributed by atoms with E-state index < -0.39 is 0 Å². The standard InChI is InChI=1S/C19H31NO2/c1-18-9-7-13(20-22)11-12(18)3-4-14-15-5-6-17(21)19(15,2)10-8-16(14)18/h12,14-17,21-22H,3-11H2,1-2H3/b20-13-/t12-,14-,15-,16-,17-,18-,19-/m0/s1. The Morgan fingerprint density at radius 1 is 0.955 bits per heavy atom. The van der Waals surface area contributed by atoms with Crippen molar-refractivity contribution in [3.05, 3.63) is 0 Å². The molecular formula is C19H31NO2. The molecular weight excluding hydrogens is 274 g/mol. The van der Waals surface area contributed by atoms with Gasteiger partial charge in [-0.25, -0.2) is 0 Å². The van der Waals surface area contributed by atoms with Crippen LogP contribution < -0.4 is 0 Å². The molecule has 0 aliphatic heterocycles. The molecule has 0 aromatic heterocycles. The number of aliphatic hydroxyl groups is 1. The lowest BCUT2D eigenvalue weighted by molar-refractivity contribution is -0.112. The predicted octanol–water partition coefficient (Wildman–Crippen LogP) is 4.22. The van der Waals surface area contributed by atoms with E-state index in [1.807, 2.05) is 0 Å². The average Bonchev–Trinajstić information content (AvgIpc) is 2.82. The Morgan fingerprint density at radius 2 is 1.73 bits per heavy atom. The molecule has 0 aromatic carbocycles. The molecule has 0 heterocycles. The molecule has 0 amide bonds. The van der Waals surface area contributed by atoms with Crippen LogP contribution in [0.1, 0.15) is 71.6 Å². The van der Waals surface area contributed by atoms with Gasteiger partial charge in [0.15, 0.2) is 0 Å². The maximum absolute atomic E-state index is 10.5. The second-order valence-electron chi connectivity index (χ2n) is 9.16. The van der Waals surface area contributed by atoms with Gasteiger partial charge in [0.2, 0.25) is 0 Å².